The molecule has 0 saturated heterocycles. The van der Waals surface area contributed by atoms with E-state index in [1.807, 2.05) is 54.6 Å². The summed E-state index contributed by atoms with van der Waals surface area (Å²) in [5.74, 6) is -0.0795. The lowest BCUT2D eigenvalue weighted by Crippen LogP contribution is -2.34. The molecule has 1 heterocycles. The van der Waals surface area contributed by atoms with Gasteiger partial charge in [0.25, 0.3) is 5.91 Å². The Bertz CT molecular complexity index is 685. The first-order chi connectivity index (χ1) is 10.1. The molecule has 3 nitrogen and oxygen atoms in total. The van der Waals surface area contributed by atoms with Gasteiger partial charge in [0.1, 0.15) is 5.71 Å². The number of nitrogens with zero attached hydrogens (tertiary/aromatic N) is 2. The Hall–Kier alpha value is -1.59. The fourth-order valence-electron chi connectivity index (χ4n) is 2.25. The molecule has 0 saturated carbocycles. The van der Waals surface area contributed by atoms with Gasteiger partial charge in [-0.1, -0.05) is 46.3 Å². The summed E-state index contributed by atoms with van der Waals surface area (Å²) in [5.41, 5.74) is 1.96. The highest BCUT2D eigenvalue weighted by molar-refractivity contribution is 9.10. The number of rotatable bonds is 3. The van der Waals surface area contributed by atoms with Crippen LogP contribution in [0, 0.1) is 0 Å². The number of carbonyl (C=O) groups excluding carboxylic acids is 1. The van der Waals surface area contributed by atoms with Crippen molar-refractivity contribution in [1.29, 1.82) is 0 Å². The van der Waals surface area contributed by atoms with E-state index in [0.29, 0.717) is 12.1 Å². The summed E-state index contributed by atoms with van der Waals surface area (Å²) < 4.78 is 1.02. The van der Waals surface area contributed by atoms with Crippen LogP contribution in [0.5, 0.6) is 0 Å². The molecular weight excluding hydrogens is 348 g/mol. The number of thiol groups is 1. The van der Waals surface area contributed by atoms with Crippen LogP contribution in [0.3, 0.4) is 0 Å². The minimum atomic E-state index is -0.453. The molecule has 0 bridgehead atoms. The molecule has 2 aromatic rings. The number of anilines is 1. The van der Waals surface area contributed by atoms with Crippen molar-refractivity contribution >= 4 is 45.9 Å². The Kier molecular flexibility index (Phi) is 4.12. The molecule has 0 aromatic heterocycles. The van der Waals surface area contributed by atoms with Crippen LogP contribution >= 0.6 is 28.6 Å². The summed E-state index contributed by atoms with van der Waals surface area (Å²) in [5, 5.41) is 0. The minimum Gasteiger partial charge on any atom is -0.275 e. The second-order valence-corrected chi connectivity index (χ2v) is 6.11. The minimum absolute atomic E-state index is 0.0795. The summed E-state index contributed by atoms with van der Waals surface area (Å²) in [6, 6.07) is 17.4. The highest BCUT2D eigenvalue weighted by Gasteiger charge is 2.32. The molecule has 0 spiro atoms. The van der Waals surface area contributed by atoms with Crippen molar-refractivity contribution in [1.82, 2.24) is 0 Å². The van der Waals surface area contributed by atoms with Gasteiger partial charge in [0.2, 0.25) is 0 Å². The average molecular weight is 361 g/mol. The zero-order valence-corrected chi connectivity index (χ0v) is 13.6. The van der Waals surface area contributed by atoms with Crippen molar-refractivity contribution in [3.63, 3.8) is 0 Å². The van der Waals surface area contributed by atoms with Gasteiger partial charge in [-0.15, -0.1) is 12.6 Å². The molecule has 21 heavy (non-hydrogen) atoms. The van der Waals surface area contributed by atoms with Crippen molar-refractivity contribution < 1.29 is 4.79 Å². The van der Waals surface area contributed by atoms with E-state index < -0.39 is 5.50 Å². The molecule has 106 valence electrons. The Morgan fingerprint density at radius 1 is 1.10 bits per heavy atom. The van der Waals surface area contributed by atoms with E-state index in [1.165, 1.54) is 0 Å². The summed E-state index contributed by atoms with van der Waals surface area (Å²) in [6.45, 7) is 0. The van der Waals surface area contributed by atoms with Crippen LogP contribution in [-0.2, 0) is 11.2 Å². The lowest BCUT2D eigenvalue weighted by molar-refractivity contribution is -0.112. The molecule has 0 radical (unpaired) electrons. The highest BCUT2D eigenvalue weighted by atomic mass is 79.9. The zero-order valence-electron chi connectivity index (χ0n) is 11.1. The maximum absolute atomic E-state index is 12.5. The third kappa shape index (κ3) is 3.04. The smallest absolute Gasteiger partial charge is 0.275 e. The summed E-state index contributed by atoms with van der Waals surface area (Å²) in [7, 11) is 0. The van der Waals surface area contributed by atoms with Gasteiger partial charge in [0.15, 0.2) is 5.50 Å². The molecule has 5 heteroatoms. The molecule has 3 rings (SSSR count). The predicted molar refractivity (Wildman–Crippen MR) is 92.0 cm³/mol. The van der Waals surface area contributed by atoms with Crippen LogP contribution in [0.4, 0.5) is 5.69 Å². The predicted octanol–water partition coefficient (Wildman–Crippen LogP) is 3.69. The Balaban J connectivity index is 1.81. The molecule has 0 fully saturated rings. The topological polar surface area (TPSA) is 32.7 Å². The van der Waals surface area contributed by atoms with Crippen molar-refractivity contribution in [2.45, 2.75) is 11.9 Å². The fourth-order valence-corrected chi connectivity index (χ4v) is 2.89. The van der Waals surface area contributed by atoms with E-state index in [0.717, 1.165) is 15.7 Å². The molecule has 0 aliphatic carbocycles. The zero-order chi connectivity index (χ0) is 14.8. The number of aliphatic imine (C=N–C) groups is 1. The summed E-state index contributed by atoms with van der Waals surface area (Å²) in [6.07, 6.45) is 0.520. The van der Waals surface area contributed by atoms with Crippen LogP contribution < -0.4 is 4.90 Å². The van der Waals surface area contributed by atoms with Crippen LogP contribution in [0.1, 0.15) is 5.56 Å². The summed E-state index contributed by atoms with van der Waals surface area (Å²) >= 11 is 7.81. The number of para-hydroxylation sites is 1. The normalized spacial score (nSPS) is 18.0. The molecule has 1 amide bonds. The van der Waals surface area contributed by atoms with Gasteiger partial charge < -0.3 is 0 Å². The number of halogens is 1. The molecule has 2 aromatic carbocycles. The summed E-state index contributed by atoms with van der Waals surface area (Å²) in [4.78, 5) is 18.5. The Labute approximate surface area is 137 Å². The SMILES string of the molecule is O=C1C(Cc2ccc(Br)cc2)=N[C@H](S)N1c1ccccc1. The first kappa shape index (κ1) is 14.4. The maximum Gasteiger partial charge on any atom is 0.275 e. The molecule has 1 aliphatic rings. The lowest BCUT2D eigenvalue weighted by Gasteiger charge is -2.19. The quantitative estimate of drug-likeness (QED) is 0.831. The Morgan fingerprint density at radius 2 is 1.76 bits per heavy atom. The van der Waals surface area contributed by atoms with E-state index in [-0.39, 0.29) is 5.91 Å². The largest absolute Gasteiger partial charge is 0.275 e. The molecule has 1 aliphatic heterocycles. The number of amides is 1. The van der Waals surface area contributed by atoms with Crippen molar-refractivity contribution in [3.05, 3.63) is 64.6 Å². The maximum atomic E-state index is 12.5. The molecule has 0 N–H and O–H groups in total. The third-order valence-electron chi connectivity index (χ3n) is 3.29. The first-order valence-electron chi connectivity index (χ1n) is 6.53. The number of hydrogen-bond donors (Lipinski definition) is 1. The van der Waals surface area contributed by atoms with Crippen molar-refractivity contribution in [2.75, 3.05) is 4.90 Å². The third-order valence-corrected chi connectivity index (χ3v) is 4.16. The molecule has 1 atom stereocenters. The van der Waals surface area contributed by atoms with Gasteiger partial charge >= 0.3 is 0 Å². The van der Waals surface area contributed by atoms with Gasteiger partial charge in [-0.2, -0.15) is 0 Å². The van der Waals surface area contributed by atoms with E-state index in [2.05, 4.69) is 33.6 Å². The van der Waals surface area contributed by atoms with Crippen LogP contribution in [-0.4, -0.2) is 17.1 Å². The van der Waals surface area contributed by atoms with Gasteiger partial charge in [0, 0.05) is 16.6 Å². The van der Waals surface area contributed by atoms with Crippen LogP contribution in [0.25, 0.3) is 0 Å². The standard InChI is InChI=1S/C16H13BrN2OS/c17-12-8-6-11(7-9-12)10-14-15(20)19(16(21)18-14)13-4-2-1-3-5-13/h1-9,16,21H,10H2/t16-/m0/s1. The van der Waals surface area contributed by atoms with E-state index in [9.17, 15) is 4.79 Å². The molecule has 0 unspecified atom stereocenters. The fraction of sp³-hybridized carbons (Fsp3) is 0.125. The molecular formula is C16H13BrN2OS. The second kappa shape index (κ2) is 6.03. The van der Waals surface area contributed by atoms with Gasteiger partial charge in [-0.05, 0) is 29.8 Å². The van der Waals surface area contributed by atoms with E-state index in [1.54, 1.807) is 4.90 Å². The lowest BCUT2D eigenvalue weighted by atomic mass is 10.1. The van der Waals surface area contributed by atoms with Gasteiger partial charge in [0.05, 0.1) is 0 Å². The second-order valence-electron chi connectivity index (χ2n) is 4.74. The van der Waals surface area contributed by atoms with Crippen molar-refractivity contribution in [3.8, 4) is 0 Å². The first-order valence-corrected chi connectivity index (χ1v) is 7.84. The van der Waals surface area contributed by atoms with Gasteiger partial charge in [-0.3, -0.25) is 9.69 Å². The van der Waals surface area contributed by atoms with Gasteiger partial charge in [-0.25, -0.2) is 4.99 Å². The number of carbonyl (C=O) groups is 1. The average Bonchev–Trinajstić information content (AvgIpc) is 2.77. The van der Waals surface area contributed by atoms with E-state index in [4.69, 9.17) is 0 Å². The number of benzene rings is 2. The highest BCUT2D eigenvalue weighted by Crippen LogP contribution is 2.25. The Morgan fingerprint density at radius 3 is 2.43 bits per heavy atom. The van der Waals surface area contributed by atoms with Crippen LogP contribution in [0.2, 0.25) is 0 Å². The van der Waals surface area contributed by atoms with Crippen molar-refractivity contribution in [2.24, 2.45) is 4.99 Å². The monoisotopic (exact) mass is 360 g/mol. The van der Waals surface area contributed by atoms with E-state index >= 15 is 0 Å². The van der Waals surface area contributed by atoms with Crippen LogP contribution in [0.15, 0.2) is 64.1 Å². The number of hydrogen-bond acceptors (Lipinski definition) is 3.